The minimum atomic E-state index is -0.297. The van der Waals surface area contributed by atoms with Gasteiger partial charge >= 0.3 is 0 Å². The van der Waals surface area contributed by atoms with Crippen LogP contribution in [0.15, 0.2) is 79.1 Å². The Morgan fingerprint density at radius 3 is 2.62 bits per heavy atom. The van der Waals surface area contributed by atoms with E-state index in [1.54, 1.807) is 22.7 Å². The number of aliphatic hydroxyl groups is 1. The predicted octanol–water partition coefficient (Wildman–Crippen LogP) is 4.32. The lowest BCUT2D eigenvalue weighted by Gasteiger charge is -2.15. The average molecular weight is 428 g/mol. The maximum atomic E-state index is 12.9. The molecule has 0 aliphatic heterocycles. The van der Waals surface area contributed by atoms with Crippen molar-refractivity contribution in [3.63, 3.8) is 0 Å². The van der Waals surface area contributed by atoms with E-state index in [0.717, 1.165) is 11.1 Å². The van der Waals surface area contributed by atoms with Gasteiger partial charge in [0, 0.05) is 30.5 Å². The fraction of sp³-hybridized carbons (Fsp3) is 0.192. The Kier molecular flexibility index (Phi) is 6.42. The van der Waals surface area contributed by atoms with Gasteiger partial charge in [0.15, 0.2) is 5.78 Å². The molecular formula is C26H25N3O3. The molecule has 6 nitrogen and oxygen atoms in total. The summed E-state index contributed by atoms with van der Waals surface area (Å²) in [4.78, 5) is 30.0. The first-order chi connectivity index (χ1) is 15.5. The fourth-order valence-electron chi connectivity index (χ4n) is 3.75. The molecule has 1 amide bonds. The van der Waals surface area contributed by atoms with E-state index in [1.165, 1.54) is 6.20 Å². The van der Waals surface area contributed by atoms with Crippen LogP contribution in [-0.2, 0) is 6.42 Å². The van der Waals surface area contributed by atoms with Crippen molar-refractivity contribution in [2.24, 2.45) is 5.92 Å². The van der Waals surface area contributed by atoms with Crippen LogP contribution in [-0.4, -0.2) is 32.8 Å². The molecule has 0 radical (unpaired) electrons. The Morgan fingerprint density at radius 2 is 1.84 bits per heavy atom. The number of Topliss-reactive ketones (excluding diaryl/α,β-unsaturated/α-hetero) is 1. The smallest absolute Gasteiger partial charge is 0.274 e. The number of imidazole rings is 1. The summed E-state index contributed by atoms with van der Waals surface area (Å²) < 4.78 is 1.72. The molecule has 32 heavy (non-hydrogen) atoms. The standard InChI is InChI=1S/C26H25N3O3/c1-18-10-11-21(24(31)14-20(17-30)13-19-7-3-2-4-8-19)15-22(18)28-26(32)23-16-27-25-9-5-6-12-29(23)25/h2-12,15-16,20,30H,13-14,17H2,1H3,(H,28,32). The third kappa shape index (κ3) is 4.76. The minimum absolute atomic E-state index is 0.0646. The second-order valence-corrected chi connectivity index (χ2v) is 7.92. The zero-order valence-corrected chi connectivity index (χ0v) is 17.9. The van der Waals surface area contributed by atoms with E-state index in [-0.39, 0.29) is 30.6 Å². The van der Waals surface area contributed by atoms with Crippen molar-refractivity contribution in [3.05, 3.63) is 102 Å². The summed E-state index contributed by atoms with van der Waals surface area (Å²) in [7, 11) is 0. The van der Waals surface area contributed by atoms with Crippen LogP contribution in [0.5, 0.6) is 0 Å². The van der Waals surface area contributed by atoms with Crippen LogP contribution in [0, 0.1) is 12.8 Å². The number of pyridine rings is 1. The molecule has 0 spiro atoms. The first-order valence-corrected chi connectivity index (χ1v) is 10.6. The van der Waals surface area contributed by atoms with Gasteiger partial charge in [-0.25, -0.2) is 4.98 Å². The summed E-state index contributed by atoms with van der Waals surface area (Å²) in [6, 6.07) is 20.6. The summed E-state index contributed by atoms with van der Waals surface area (Å²) in [5.74, 6) is -0.526. The van der Waals surface area contributed by atoms with Crippen molar-refractivity contribution in [2.75, 3.05) is 11.9 Å². The lowest BCUT2D eigenvalue weighted by Crippen LogP contribution is -2.17. The van der Waals surface area contributed by atoms with Crippen LogP contribution in [0.1, 0.15) is 38.4 Å². The molecule has 0 saturated carbocycles. The Bertz CT molecular complexity index is 1250. The SMILES string of the molecule is Cc1ccc(C(=O)CC(CO)Cc2ccccc2)cc1NC(=O)c1cnc2ccccn12. The molecule has 162 valence electrons. The quantitative estimate of drug-likeness (QED) is 0.410. The van der Waals surface area contributed by atoms with Gasteiger partial charge in [-0.2, -0.15) is 0 Å². The predicted molar refractivity (Wildman–Crippen MR) is 124 cm³/mol. The van der Waals surface area contributed by atoms with E-state index < -0.39 is 0 Å². The van der Waals surface area contributed by atoms with E-state index in [2.05, 4.69) is 10.3 Å². The number of anilines is 1. The summed E-state index contributed by atoms with van der Waals surface area (Å²) in [5.41, 5.74) is 4.13. The van der Waals surface area contributed by atoms with Crippen molar-refractivity contribution in [1.82, 2.24) is 9.38 Å². The number of carbonyl (C=O) groups is 2. The molecule has 2 heterocycles. The molecule has 1 atom stereocenters. The lowest BCUT2D eigenvalue weighted by atomic mass is 9.92. The molecule has 1 unspecified atom stereocenters. The number of hydrogen-bond donors (Lipinski definition) is 2. The van der Waals surface area contributed by atoms with Gasteiger partial charge in [-0.1, -0.05) is 48.5 Å². The zero-order chi connectivity index (χ0) is 22.5. The molecule has 2 N–H and O–H groups in total. The molecule has 0 saturated heterocycles. The molecule has 4 rings (SSSR count). The third-order valence-electron chi connectivity index (χ3n) is 5.56. The maximum Gasteiger partial charge on any atom is 0.274 e. The monoisotopic (exact) mass is 427 g/mol. The van der Waals surface area contributed by atoms with Crippen LogP contribution < -0.4 is 5.32 Å². The van der Waals surface area contributed by atoms with Gasteiger partial charge in [0.25, 0.3) is 5.91 Å². The number of benzene rings is 2. The number of aliphatic hydroxyl groups excluding tert-OH is 1. The third-order valence-corrected chi connectivity index (χ3v) is 5.56. The molecule has 4 aromatic rings. The molecule has 0 aliphatic rings. The Balaban J connectivity index is 1.49. The molecule has 0 fully saturated rings. The second kappa shape index (κ2) is 9.58. The highest BCUT2D eigenvalue weighted by Gasteiger charge is 2.18. The van der Waals surface area contributed by atoms with E-state index in [9.17, 15) is 14.7 Å². The van der Waals surface area contributed by atoms with E-state index in [1.807, 2.05) is 61.5 Å². The number of aryl methyl sites for hydroxylation is 1. The summed E-state index contributed by atoms with van der Waals surface area (Å²) in [5, 5.41) is 12.7. The van der Waals surface area contributed by atoms with Gasteiger partial charge in [0.2, 0.25) is 0 Å². The van der Waals surface area contributed by atoms with Gasteiger partial charge in [-0.15, -0.1) is 0 Å². The number of nitrogens with one attached hydrogen (secondary N) is 1. The fourth-order valence-corrected chi connectivity index (χ4v) is 3.75. The zero-order valence-electron chi connectivity index (χ0n) is 17.9. The van der Waals surface area contributed by atoms with Crippen LogP contribution >= 0.6 is 0 Å². The largest absolute Gasteiger partial charge is 0.396 e. The van der Waals surface area contributed by atoms with Crippen molar-refractivity contribution >= 4 is 23.0 Å². The molecule has 2 aromatic carbocycles. The van der Waals surface area contributed by atoms with Crippen molar-refractivity contribution in [1.29, 1.82) is 0 Å². The van der Waals surface area contributed by atoms with E-state index in [0.29, 0.717) is 29.0 Å². The highest BCUT2D eigenvalue weighted by atomic mass is 16.3. The number of aromatic nitrogens is 2. The van der Waals surface area contributed by atoms with Gasteiger partial charge in [-0.3, -0.25) is 14.0 Å². The van der Waals surface area contributed by atoms with E-state index >= 15 is 0 Å². The van der Waals surface area contributed by atoms with Crippen LogP contribution in [0.4, 0.5) is 5.69 Å². The summed E-state index contributed by atoms with van der Waals surface area (Å²) >= 11 is 0. The highest BCUT2D eigenvalue weighted by Crippen LogP contribution is 2.22. The topological polar surface area (TPSA) is 83.7 Å². The Labute approximate surface area is 186 Å². The van der Waals surface area contributed by atoms with Crippen molar-refractivity contribution in [3.8, 4) is 0 Å². The van der Waals surface area contributed by atoms with Gasteiger partial charge in [-0.05, 0) is 48.6 Å². The maximum absolute atomic E-state index is 12.9. The number of fused-ring (bicyclic) bond motifs is 1. The Morgan fingerprint density at radius 1 is 1.06 bits per heavy atom. The number of amides is 1. The van der Waals surface area contributed by atoms with Crippen LogP contribution in [0.3, 0.4) is 0 Å². The number of rotatable bonds is 8. The molecule has 0 aliphatic carbocycles. The van der Waals surface area contributed by atoms with Crippen molar-refractivity contribution in [2.45, 2.75) is 19.8 Å². The van der Waals surface area contributed by atoms with Crippen LogP contribution in [0.2, 0.25) is 0 Å². The van der Waals surface area contributed by atoms with Gasteiger partial charge in [0.05, 0.1) is 6.20 Å². The number of nitrogens with zero attached hydrogens (tertiary/aromatic N) is 2. The lowest BCUT2D eigenvalue weighted by molar-refractivity contribution is 0.0935. The molecular weight excluding hydrogens is 402 g/mol. The molecule has 0 bridgehead atoms. The molecule has 6 heteroatoms. The number of hydrogen-bond acceptors (Lipinski definition) is 4. The normalized spacial score (nSPS) is 11.9. The van der Waals surface area contributed by atoms with Gasteiger partial charge in [0.1, 0.15) is 11.3 Å². The van der Waals surface area contributed by atoms with Crippen LogP contribution in [0.25, 0.3) is 5.65 Å². The highest BCUT2D eigenvalue weighted by molar-refractivity contribution is 6.05. The van der Waals surface area contributed by atoms with Gasteiger partial charge < -0.3 is 10.4 Å². The summed E-state index contributed by atoms with van der Waals surface area (Å²) in [6.07, 6.45) is 4.18. The second-order valence-electron chi connectivity index (χ2n) is 7.92. The first-order valence-electron chi connectivity index (χ1n) is 10.6. The number of ketones is 1. The average Bonchev–Trinajstić information content (AvgIpc) is 3.25. The van der Waals surface area contributed by atoms with Crippen molar-refractivity contribution < 1.29 is 14.7 Å². The minimum Gasteiger partial charge on any atom is -0.396 e. The number of carbonyl (C=O) groups excluding carboxylic acids is 2. The van der Waals surface area contributed by atoms with E-state index in [4.69, 9.17) is 0 Å². The Hall–Kier alpha value is -3.77. The summed E-state index contributed by atoms with van der Waals surface area (Å²) in [6.45, 7) is 1.81. The molecule has 2 aromatic heterocycles. The first kappa shape index (κ1) is 21.5.